The molecule has 0 aliphatic carbocycles. The van der Waals surface area contributed by atoms with Gasteiger partial charge >= 0.3 is 6.18 Å². The molecule has 4 nitrogen and oxygen atoms in total. The quantitative estimate of drug-likeness (QED) is 0.854. The van der Waals surface area contributed by atoms with Gasteiger partial charge in [-0.05, 0) is 24.3 Å². The van der Waals surface area contributed by atoms with Gasteiger partial charge in [0, 0.05) is 16.8 Å². The number of primary amides is 1. The first-order valence-electron chi connectivity index (χ1n) is 5.68. The molecule has 0 aliphatic rings. The van der Waals surface area contributed by atoms with E-state index in [9.17, 15) is 18.0 Å². The summed E-state index contributed by atoms with van der Waals surface area (Å²) in [5, 5.41) is 0.281. The van der Waals surface area contributed by atoms with Crippen molar-refractivity contribution in [2.24, 2.45) is 5.73 Å². The average molecular weight is 313 g/mol. The molecule has 0 radical (unpaired) electrons. The summed E-state index contributed by atoms with van der Waals surface area (Å²) < 4.78 is 37.4. The van der Waals surface area contributed by atoms with E-state index < -0.39 is 17.6 Å². The largest absolute Gasteiger partial charge is 0.417 e. The number of nitrogens with zero attached hydrogens (tertiary/aromatic N) is 1. The summed E-state index contributed by atoms with van der Waals surface area (Å²) in [7, 11) is 0. The summed E-state index contributed by atoms with van der Waals surface area (Å²) >= 11 is 0.984. The van der Waals surface area contributed by atoms with Crippen molar-refractivity contribution in [1.82, 2.24) is 4.98 Å². The lowest BCUT2D eigenvalue weighted by atomic mass is 10.2. The van der Waals surface area contributed by atoms with Gasteiger partial charge in [-0.3, -0.25) is 4.79 Å². The third-order valence-electron chi connectivity index (χ3n) is 2.58. The number of alkyl halides is 3. The summed E-state index contributed by atoms with van der Waals surface area (Å²) in [6, 6.07) is 6.76. The number of nitrogen functional groups attached to an aromatic ring is 1. The van der Waals surface area contributed by atoms with Gasteiger partial charge in [-0.25, -0.2) is 4.98 Å². The van der Waals surface area contributed by atoms with E-state index in [0.29, 0.717) is 10.6 Å². The standard InChI is InChI=1S/C13H10F3N3OS/c14-13(15,16)7-4-5-10(19-6-7)21-11-8(12(18)20)2-1-3-9(11)17/h1-6H,17H2,(H2,18,20). The maximum atomic E-state index is 12.5. The van der Waals surface area contributed by atoms with Crippen LogP contribution >= 0.6 is 11.8 Å². The number of rotatable bonds is 3. The third-order valence-corrected chi connectivity index (χ3v) is 3.69. The van der Waals surface area contributed by atoms with Gasteiger partial charge in [0.2, 0.25) is 5.91 Å². The van der Waals surface area contributed by atoms with Crippen LogP contribution in [-0.4, -0.2) is 10.9 Å². The fraction of sp³-hybridized carbons (Fsp3) is 0.0769. The Morgan fingerprint density at radius 1 is 1.19 bits per heavy atom. The maximum absolute atomic E-state index is 12.5. The molecule has 0 spiro atoms. The van der Waals surface area contributed by atoms with Crippen molar-refractivity contribution in [3.05, 3.63) is 47.7 Å². The zero-order valence-corrected chi connectivity index (χ0v) is 11.3. The lowest BCUT2D eigenvalue weighted by molar-refractivity contribution is -0.137. The number of halogens is 3. The Bertz CT molecular complexity index is 671. The summed E-state index contributed by atoms with van der Waals surface area (Å²) in [5.74, 6) is -0.670. The van der Waals surface area contributed by atoms with Crippen molar-refractivity contribution >= 4 is 23.4 Å². The van der Waals surface area contributed by atoms with Crippen LogP contribution in [0.1, 0.15) is 15.9 Å². The van der Waals surface area contributed by atoms with E-state index in [1.165, 1.54) is 12.1 Å². The first kappa shape index (κ1) is 15.2. The SMILES string of the molecule is NC(=O)c1cccc(N)c1Sc1ccc(C(F)(F)F)cn1. The molecule has 0 atom stereocenters. The molecular formula is C13H10F3N3OS. The van der Waals surface area contributed by atoms with Crippen LogP contribution in [0.2, 0.25) is 0 Å². The van der Waals surface area contributed by atoms with Crippen LogP contribution in [0.4, 0.5) is 18.9 Å². The molecule has 1 aromatic heterocycles. The minimum atomic E-state index is -4.44. The van der Waals surface area contributed by atoms with Gasteiger partial charge in [-0.1, -0.05) is 17.8 Å². The fourth-order valence-electron chi connectivity index (χ4n) is 1.58. The predicted molar refractivity (Wildman–Crippen MR) is 72.7 cm³/mol. The Balaban J connectivity index is 2.33. The molecule has 0 fully saturated rings. The highest BCUT2D eigenvalue weighted by atomic mass is 32.2. The number of benzene rings is 1. The number of nitrogens with two attached hydrogens (primary N) is 2. The van der Waals surface area contributed by atoms with Crippen molar-refractivity contribution in [3.63, 3.8) is 0 Å². The van der Waals surface area contributed by atoms with Crippen LogP contribution < -0.4 is 11.5 Å². The van der Waals surface area contributed by atoms with Gasteiger partial charge in [0.15, 0.2) is 0 Å². The molecular weight excluding hydrogens is 303 g/mol. The smallest absolute Gasteiger partial charge is 0.398 e. The normalized spacial score (nSPS) is 11.4. The monoisotopic (exact) mass is 313 g/mol. The van der Waals surface area contributed by atoms with Crippen LogP contribution in [0, 0.1) is 0 Å². The molecule has 1 amide bonds. The van der Waals surface area contributed by atoms with Gasteiger partial charge < -0.3 is 11.5 Å². The zero-order chi connectivity index (χ0) is 15.6. The van der Waals surface area contributed by atoms with E-state index in [1.54, 1.807) is 12.1 Å². The van der Waals surface area contributed by atoms with Crippen molar-refractivity contribution in [1.29, 1.82) is 0 Å². The van der Waals surface area contributed by atoms with E-state index >= 15 is 0 Å². The predicted octanol–water partition coefficient (Wildman–Crippen LogP) is 2.93. The van der Waals surface area contributed by atoms with Crippen LogP contribution in [0.25, 0.3) is 0 Å². The first-order valence-corrected chi connectivity index (χ1v) is 6.50. The highest BCUT2D eigenvalue weighted by molar-refractivity contribution is 7.99. The number of pyridine rings is 1. The number of anilines is 1. The topological polar surface area (TPSA) is 82.0 Å². The minimum absolute atomic E-state index is 0.196. The third kappa shape index (κ3) is 3.46. The number of aromatic nitrogens is 1. The van der Waals surface area contributed by atoms with Gasteiger partial charge in [0.1, 0.15) is 5.03 Å². The summed E-state index contributed by atoms with van der Waals surface area (Å²) in [6.45, 7) is 0. The van der Waals surface area contributed by atoms with E-state index in [2.05, 4.69) is 4.98 Å². The molecule has 0 bridgehead atoms. The zero-order valence-electron chi connectivity index (χ0n) is 10.5. The summed E-state index contributed by atoms with van der Waals surface area (Å²) in [6.07, 6.45) is -3.72. The van der Waals surface area contributed by atoms with Gasteiger partial charge in [-0.2, -0.15) is 13.2 Å². The second kappa shape index (κ2) is 5.65. The Labute approximate surface area is 122 Å². The lowest BCUT2D eigenvalue weighted by Crippen LogP contribution is -2.13. The second-order valence-corrected chi connectivity index (χ2v) is 5.10. The van der Waals surface area contributed by atoms with Crippen molar-refractivity contribution < 1.29 is 18.0 Å². The van der Waals surface area contributed by atoms with Crippen LogP contribution in [-0.2, 0) is 6.18 Å². The first-order chi connectivity index (χ1) is 9.79. The molecule has 21 heavy (non-hydrogen) atoms. The summed E-state index contributed by atoms with van der Waals surface area (Å²) in [5.41, 5.74) is 10.7. The van der Waals surface area contributed by atoms with Gasteiger partial charge in [-0.15, -0.1) is 0 Å². The molecule has 2 aromatic rings. The number of carbonyl (C=O) groups excluding carboxylic acids is 1. The number of hydrogen-bond donors (Lipinski definition) is 2. The maximum Gasteiger partial charge on any atom is 0.417 e. The minimum Gasteiger partial charge on any atom is -0.398 e. The van der Waals surface area contributed by atoms with Crippen LogP contribution in [0.5, 0.6) is 0 Å². The van der Waals surface area contributed by atoms with E-state index in [1.807, 2.05) is 0 Å². The average Bonchev–Trinajstić information content (AvgIpc) is 2.40. The van der Waals surface area contributed by atoms with E-state index in [-0.39, 0.29) is 10.6 Å². The van der Waals surface area contributed by atoms with Crippen molar-refractivity contribution in [3.8, 4) is 0 Å². The van der Waals surface area contributed by atoms with Crippen molar-refractivity contribution in [2.45, 2.75) is 16.1 Å². The highest BCUT2D eigenvalue weighted by Gasteiger charge is 2.30. The molecule has 0 saturated carbocycles. The van der Waals surface area contributed by atoms with Crippen LogP contribution in [0.3, 0.4) is 0 Å². The van der Waals surface area contributed by atoms with Crippen LogP contribution in [0.15, 0.2) is 46.5 Å². The lowest BCUT2D eigenvalue weighted by Gasteiger charge is -2.10. The Morgan fingerprint density at radius 3 is 2.43 bits per heavy atom. The molecule has 0 aliphatic heterocycles. The Kier molecular flexibility index (Phi) is 4.08. The number of hydrogen-bond acceptors (Lipinski definition) is 4. The van der Waals surface area contributed by atoms with Gasteiger partial charge in [0.25, 0.3) is 0 Å². The van der Waals surface area contributed by atoms with Gasteiger partial charge in [0.05, 0.1) is 11.1 Å². The molecule has 1 heterocycles. The number of amides is 1. The second-order valence-electron chi connectivity index (χ2n) is 4.07. The number of carbonyl (C=O) groups is 1. The molecule has 1 aromatic carbocycles. The molecule has 8 heteroatoms. The highest BCUT2D eigenvalue weighted by Crippen LogP contribution is 2.35. The molecule has 0 unspecified atom stereocenters. The van der Waals surface area contributed by atoms with Crippen molar-refractivity contribution in [2.75, 3.05) is 5.73 Å². The van der Waals surface area contributed by atoms with E-state index in [4.69, 9.17) is 11.5 Å². The fourth-order valence-corrected chi connectivity index (χ4v) is 2.49. The Hall–Kier alpha value is -2.22. The summed E-state index contributed by atoms with van der Waals surface area (Å²) in [4.78, 5) is 15.4. The molecule has 2 rings (SSSR count). The molecule has 110 valence electrons. The Morgan fingerprint density at radius 2 is 1.90 bits per heavy atom. The van der Waals surface area contributed by atoms with E-state index in [0.717, 1.165) is 24.0 Å². The molecule has 4 N–H and O–H groups in total. The molecule has 0 saturated heterocycles.